The molecule has 2 aromatic rings. The molecule has 10 nitrogen and oxygen atoms in total. The number of hydrogen-bond donors (Lipinski definition) is 3. The number of nitrogens with zero attached hydrogens (tertiary/aromatic N) is 5. The van der Waals surface area contributed by atoms with Gasteiger partial charge in [0.25, 0.3) is 5.91 Å². The Balaban J connectivity index is 1.29. The van der Waals surface area contributed by atoms with Crippen LogP contribution < -0.4 is 20.7 Å². The maximum atomic E-state index is 12.2. The van der Waals surface area contributed by atoms with Crippen molar-refractivity contribution in [2.75, 3.05) is 55.3 Å². The Labute approximate surface area is 213 Å². The van der Waals surface area contributed by atoms with Crippen molar-refractivity contribution in [2.24, 2.45) is 0 Å². The fourth-order valence-corrected chi connectivity index (χ4v) is 5.68. The molecule has 5 heterocycles. The maximum absolute atomic E-state index is 12.2. The number of aryl methyl sites for hydroxylation is 1. The standard InChI is InChI=1S/C25H33N8O2P/c1-15-12-17(14-36-22(15)33-10-8-32(5)9-11-33)27-24-26-13-16(2)20(31-24)28-19-7-6-18-21(29-19)30-23(34)25(3,4)35-18/h6-7,12-13,36H,8-11,14H2,1-5H3,(H3,26,27,28,29,30,31,34). The number of nitrogens with one attached hydrogen (secondary N) is 3. The molecule has 190 valence electrons. The molecule has 1 amide bonds. The van der Waals surface area contributed by atoms with E-state index in [0.29, 0.717) is 29.2 Å². The van der Waals surface area contributed by atoms with Gasteiger partial charge in [-0.15, -0.1) is 0 Å². The molecule has 1 saturated heterocycles. The summed E-state index contributed by atoms with van der Waals surface area (Å²) in [7, 11) is 2.91. The van der Waals surface area contributed by atoms with Crippen molar-refractivity contribution in [2.45, 2.75) is 33.3 Å². The summed E-state index contributed by atoms with van der Waals surface area (Å²) < 4.78 is 5.77. The van der Waals surface area contributed by atoms with Crippen molar-refractivity contribution in [1.29, 1.82) is 0 Å². The number of carbonyl (C=O) groups is 1. The predicted molar refractivity (Wildman–Crippen MR) is 144 cm³/mol. The van der Waals surface area contributed by atoms with Crippen molar-refractivity contribution in [3.05, 3.63) is 46.7 Å². The quantitative estimate of drug-likeness (QED) is 0.523. The molecule has 36 heavy (non-hydrogen) atoms. The van der Waals surface area contributed by atoms with Gasteiger partial charge in [-0.1, -0.05) is 8.58 Å². The first-order valence-corrected chi connectivity index (χ1v) is 13.4. The first-order valence-electron chi connectivity index (χ1n) is 12.2. The number of pyridine rings is 1. The van der Waals surface area contributed by atoms with E-state index >= 15 is 0 Å². The zero-order valence-electron chi connectivity index (χ0n) is 21.4. The molecule has 0 saturated carbocycles. The molecular weight excluding hydrogens is 475 g/mol. The molecule has 0 spiro atoms. The third-order valence-corrected chi connectivity index (χ3v) is 8.13. The minimum absolute atomic E-state index is 0.231. The molecule has 0 aromatic carbocycles. The summed E-state index contributed by atoms with van der Waals surface area (Å²) in [6, 6.07) is 3.60. The lowest BCUT2D eigenvalue weighted by atomic mass is 10.1. The topological polar surface area (TPSA) is 108 Å². The monoisotopic (exact) mass is 508 g/mol. The molecule has 1 fully saturated rings. The fraction of sp³-hybridized carbons (Fsp3) is 0.440. The number of aromatic nitrogens is 3. The van der Waals surface area contributed by atoms with Gasteiger partial charge >= 0.3 is 0 Å². The SMILES string of the molecule is CC1=C(N2CCN(C)CC2)PCC(Nc2ncc(C)c(Nc3ccc4c(n3)NC(=O)C(C)(C)O4)n2)=C1. The summed E-state index contributed by atoms with van der Waals surface area (Å²) >= 11 is 0. The van der Waals surface area contributed by atoms with Gasteiger partial charge in [-0.2, -0.15) is 4.98 Å². The summed E-state index contributed by atoms with van der Waals surface area (Å²) in [6.45, 7) is 12.0. The van der Waals surface area contributed by atoms with Crippen LogP contribution in [0.25, 0.3) is 0 Å². The van der Waals surface area contributed by atoms with E-state index in [4.69, 9.17) is 9.72 Å². The lowest BCUT2D eigenvalue weighted by molar-refractivity contribution is -0.129. The average molecular weight is 509 g/mol. The molecule has 0 bridgehead atoms. The first-order chi connectivity index (χ1) is 17.2. The van der Waals surface area contributed by atoms with E-state index < -0.39 is 5.60 Å². The molecule has 1 unspecified atom stereocenters. The lowest BCUT2D eigenvalue weighted by Gasteiger charge is -2.37. The highest BCUT2D eigenvalue weighted by atomic mass is 31.1. The molecule has 3 N–H and O–H groups in total. The summed E-state index contributed by atoms with van der Waals surface area (Å²) in [6.07, 6.45) is 4.95. The molecule has 0 aliphatic carbocycles. The average Bonchev–Trinajstić information content (AvgIpc) is 2.83. The van der Waals surface area contributed by atoms with Crippen molar-refractivity contribution < 1.29 is 9.53 Å². The van der Waals surface area contributed by atoms with E-state index in [9.17, 15) is 4.79 Å². The number of ether oxygens (including phenoxy) is 1. The van der Waals surface area contributed by atoms with Gasteiger partial charge in [-0.3, -0.25) is 4.79 Å². The Morgan fingerprint density at radius 2 is 1.89 bits per heavy atom. The number of rotatable bonds is 5. The van der Waals surface area contributed by atoms with Gasteiger partial charge in [-0.25, -0.2) is 9.97 Å². The van der Waals surface area contributed by atoms with E-state index in [2.05, 4.69) is 55.8 Å². The van der Waals surface area contributed by atoms with E-state index in [1.54, 1.807) is 32.2 Å². The molecule has 3 aliphatic heterocycles. The molecule has 11 heteroatoms. The van der Waals surface area contributed by atoms with Crippen molar-refractivity contribution in [3.8, 4) is 5.75 Å². The molecular formula is C25H33N8O2P. The highest BCUT2D eigenvalue weighted by Gasteiger charge is 2.36. The highest BCUT2D eigenvalue weighted by molar-refractivity contribution is 7.43. The van der Waals surface area contributed by atoms with Gasteiger partial charge in [0.05, 0.1) is 0 Å². The number of piperazine rings is 1. The van der Waals surface area contributed by atoms with Gasteiger partial charge in [0.1, 0.15) is 11.6 Å². The Morgan fingerprint density at radius 3 is 2.64 bits per heavy atom. The van der Waals surface area contributed by atoms with Crippen molar-refractivity contribution >= 4 is 37.9 Å². The Bertz CT molecular complexity index is 1250. The molecule has 5 rings (SSSR count). The van der Waals surface area contributed by atoms with Crippen LogP contribution in [0.2, 0.25) is 0 Å². The van der Waals surface area contributed by atoms with Crippen LogP contribution in [0.4, 0.5) is 23.4 Å². The van der Waals surface area contributed by atoms with E-state index in [0.717, 1.165) is 52.2 Å². The largest absolute Gasteiger partial charge is 0.474 e. The second-order valence-corrected chi connectivity index (χ2v) is 11.1. The Kier molecular flexibility index (Phi) is 6.57. The van der Waals surface area contributed by atoms with E-state index in [1.807, 2.05) is 6.92 Å². The van der Waals surface area contributed by atoms with Gasteiger partial charge in [0.15, 0.2) is 17.2 Å². The summed E-state index contributed by atoms with van der Waals surface area (Å²) in [5.41, 5.74) is 3.85. The van der Waals surface area contributed by atoms with Crippen LogP contribution in [-0.4, -0.2) is 75.6 Å². The highest BCUT2D eigenvalue weighted by Crippen LogP contribution is 2.37. The zero-order chi connectivity index (χ0) is 25.4. The third-order valence-electron chi connectivity index (χ3n) is 6.52. The lowest BCUT2D eigenvalue weighted by Crippen LogP contribution is -2.46. The zero-order valence-corrected chi connectivity index (χ0v) is 22.4. The number of carbonyl (C=O) groups excluding carboxylic acids is 1. The number of hydrogen-bond acceptors (Lipinski definition) is 9. The fourth-order valence-electron chi connectivity index (χ4n) is 4.33. The van der Waals surface area contributed by atoms with E-state index in [1.165, 1.54) is 11.0 Å². The molecule has 3 aliphatic rings. The normalized spacial score (nSPS) is 20.4. The van der Waals surface area contributed by atoms with Crippen LogP contribution in [0.5, 0.6) is 5.75 Å². The maximum Gasteiger partial charge on any atom is 0.269 e. The van der Waals surface area contributed by atoms with Crippen LogP contribution >= 0.6 is 8.58 Å². The summed E-state index contributed by atoms with van der Waals surface area (Å²) in [5, 5.41) is 9.47. The molecule has 2 aromatic heterocycles. The van der Waals surface area contributed by atoms with Crippen LogP contribution in [0.15, 0.2) is 41.1 Å². The molecule has 1 atom stereocenters. The number of allylic oxidation sites excluding steroid dienone is 3. The number of likely N-dealkylation sites (N-methyl/N-ethyl adjacent to an activating group) is 1. The smallest absolute Gasteiger partial charge is 0.269 e. The Morgan fingerprint density at radius 1 is 1.11 bits per heavy atom. The summed E-state index contributed by atoms with van der Waals surface area (Å²) in [5.74, 6) is 2.43. The van der Waals surface area contributed by atoms with Crippen LogP contribution in [0, 0.1) is 6.92 Å². The second kappa shape index (κ2) is 9.67. The Hall–Kier alpha value is -3.23. The third kappa shape index (κ3) is 5.15. The van der Waals surface area contributed by atoms with Crippen molar-refractivity contribution in [3.63, 3.8) is 0 Å². The molecule has 0 radical (unpaired) electrons. The van der Waals surface area contributed by atoms with Gasteiger partial charge in [-0.05, 0) is 58.5 Å². The van der Waals surface area contributed by atoms with E-state index in [-0.39, 0.29) is 5.91 Å². The van der Waals surface area contributed by atoms with Crippen LogP contribution in [-0.2, 0) is 4.79 Å². The minimum Gasteiger partial charge on any atom is -0.474 e. The van der Waals surface area contributed by atoms with Gasteiger partial charge < -0.3 is 30.5 Å². The minimum atomic E-state index is -0.930. The summed E-state index contributed by atoms with van der Waals surface area (Å²) in [4.78, 5) is 30.8. The second-order valence-electron chi connectivity index (χ2n) is 9.93. The number of anilines is 4. The van der Waals surface area contributed by atoms with Gasteiger partial charge in [0, 0.05) is 55.2 Å². The van der Waals surface area contributed by atoms with Crippen molar-refractivity contribution in [1.82, 2.24) is 24.8 Å². The number of fused-ring (bicyclic) bond motifs is 1. The van der Waals surface area contributed by atoms with Crippen LogP contribution in [0.3, 0.4) is 0 Å². The predicted octanol–water partition coefficient (Wildman–Crippen LogP) is 3.50. The van der Waals surface area contributed by atoms with Gasteiger partial charge in [0.2, 0.25) is 5.95 Å². The number of amides is 1. The first kappa shape index (κ1) is 24.5. The van der Waals surface area contributed by atoms with Crippen LogP contribution in [0.1, 0.15) is 26.3 Å².